The summed E-state index contributed by atoms with van der Waals surface area (Å²) in [5, 5.41) is 7.66. The zero-order valence-corrected chi connectivity index (χ0v) is 16.8. The topological polar surface area (TPSA) is 80.4 Å². The number of benzene rings is 1. The van der Waals surface area contributed by atoms with Gasteiger partial charge in [-0.05, 0) is 36.8 Å². The fourth-order valence-corrected chi connectivity index (χ4v) is 3.21. The van der Waals surface area contributed by atoms with Gasteiger partial charge >= 0.3 is 6.03 Å². The van der Waals surface area contributed by atoms with Crippen LogP contribution in [0.4, 0.5) is 4.79 Å². The summed E-state index contributed by atoms with van der Waals surface area (Å²) in [5.74, 6) is 0. The van der Waals surface area contributed by atoms with Gasteiger partial charge in [0, 0.05) is 19.4 Å². The first-order chi connectivity index (χ1) is 14.0. The van der Waals surface area contributed by atoms with E-state index in [9.17, 15) is 4.79 Å². The maximum Gasteiger partial charge on any atom is 0.317 e. The summed E-state index contributed by atoms with van der Waals surface area (Å²) >= 11 is 6.00. The van der Waals surface area contributed by atoms with Gasteiger partial charge in [-0.3, -0.25) is 0 Å². The average Bonchev–Trinajstić information content (AvgIpc) is 3.40. The lowest BCUT2D eigenvalue weighted by Gasteiger charge is -2.25. The summed E-state index contributed by atoms with van der Waals surface area (Å²) in [6, 6.07) is 11.2. The monoisotopic (exact) mass is 409 g/mol. The number of imidazole rings is 1. The molecule has 8 nitrogen and oxygen atoms in total. The summed E-state index contributed by atoms with van der Waals surface area (Å²) in [5.41, 5.74) is 3.48. The van der Waals surface area contributed by atoms with Crippen LogP contribution >= 0.6 is 11.6 Å². The van der Waals surface area contributed by atoms with Crippen LogP contribution in [0.25, 0.3) is 11.3 Å². The molecule has 0 saturated heterocycles. The molecule has 2 amide bonds. The van der Waals surface area contributed by atoms with Crippen LogP contribution in [-0.4, -0.2) is 42.1 Å². The van der Waals surface area contributed by atoms with Gasteiger partial charge in [0.25, 0.3) is 0 Å². The molecule has 4 rings (SSSR count). The molecule has 3 aromatic heterocycles. The number of fused-ring (bicyclic) bond motifs is 1. The molecule has 0 aliphatic rings. The number of urea groups is 1. The lowest BCUT2D eigenvalue weighted by molar-refractivity contribution is 0.194. The van der Waals surface area contributed by atoms with Gasteiger partial charge in [-0.2, -0.15) is 5.10 Å². The van der Waals surface area contributed by atoms with E-state index in [2.05, 4.69) is 20.4 Å². The van der Waals surface area contributed by atoms with E-state index in [0.29, 0.717) is 11.6 Å². The maximum atomic E-state index is 12.6. The highest BCUT2D eigenvalue weighted by Crippen LogP contribution is 2.20. The minimum Gasteiger partial charge on any atom is -0.332 e. The van der Waals surface area contributed by atoms with Crippen molar-refractivity contribution >= 4 is 23.3 Å². The Bertz CT molecular complexity index is 1120. The van der Waals surface area contributed by atoms with Crippen LogP contribution < -0.4 is 5.32 Å². The Morgan fingerprint density at radius 1 is 1.21 bits per heavy atom. The summed E-state index contributed by atoms with van der Waals surface area (Å²) in [4.78, 5) is 22.7. The van der Waals surface area contributed by atoms with Gasteiger partial charge < -0.3 is 14.6 Å². The zero-order valence-electron chi connectivity index (χ0n) is 16.0. The lowest BCUT2D eigenvalue weighted by Crippen LogP contribution is -2.38. The normalized spacial score (nSPS) is 12.1. The molecule has 1 atom stereocenters. The van der Waals surface area contributed by atoms with E-state index in [-0.39, 0.29) is 12.1 Å². The van der Waals surface area contributed by atoms with E-state index in [0.717, 1.165) is 22.6 Å². The molecule has 148 valence electrons. The number of carbonyl (C=O) groups excluding carboxylic acids is 1. The van der Waals surface area contributed by atoms with Crippen LogP contribution in [0, 0.1) is 0 Å². The molecule has 0 radical (unpaired) electrons. The SMILES string of the molecule is CC(c1ccc(-n2cncn2)cc1)N(C)C(=O)NCc1cn2cc(Cl)ccc2n1. The molecule has 0 bridgehead atoms. The van der Waals surface area contributed by atoms with E-state index in [4.69, 9.17) is 11.6 Å². The quantitative estimate of drug-likeness (QED) is 0.547. The summed E-state index contributed by atoms with van der Waals surface area (Å²) in [6.45, 7) is 2.32. The first-order valence-corrected chi connectivity index (χ1v) is 9.48. The fourth-order valence-electron chi connectivity index (χ4n) is 3.04. The van der Waals surface area contributed by atoms with E-state index >= 15 is 0 Å². The van der Waals surface area contributed by atoms with Crippen molar-refractivity contribution < 1.29 is 4.79 Å². The van der Waals surface area contributed by atoms with Crippen LogP contribution in [0.3, 0.4) is 0 Å². The Morgan fingerprint density at radius 3 is 2.72 bits per heavy atom. The van der Waals surface area contributed by atoms with E-state index in [1.165, 1.54) is 6.33 Å². The number of aromatic nitrogens is 5. The Balaban J connectivity index is 1.38. The van der Waals surface area contributed by atoms with Gasteiger partial charge in [-0.25, -0.2) is 19.4 Å². The van der Waals surface area contributed by atoms with Crippen molar-refractivity contribution in [2.24, 2.45) is 0 Å². The number of nitrogens with zero attached hydrogens (tertiary/aromatic N) is 6. The fraction of sp³-hybridized carbons (Fsp3) is 0.200. The van der Waals surface area contributed by atoms with Crippen LogP contribution in [0.15, 0.2) is 61.4 Å². The van der Waals surface area contributed by atoms with Gasteiger partial charge in [0.2, 0.25) is 0 Å². The Kier molecular flexibility index (Phi) is 5.18. The predicted octanol–water partition coefficient (Wildman–Crippen LogP) is 3.47. The Labute approximate surface area is 172 Å². The number of hydrogen-bond acceptors (Lipinski definition) is 4. The molecule has 0 aliphatic carbocycles. The number of pyridine rings is 1. The minimum atomic E-state index is -0.173. The number of hydrogen-bond donors (Lipinski definition) is 1. The second kappa shape index (κ2) is 7.92. The number of carbonyl (C=O) groups is 1. The molecule has 29 heavy (non-hydrogen) atoms. The first kappa shape index (κ1) is 18.9. The summed E-state index contributed by atoms with van der Waals surface area (Å²) in [7, 11) is 1.77. The van der Waals surface area contributed by atoms with Gasteiger partial charge in [0.1, 0.15) is 18.3 Å². The highest BCUT2D eigenvalue weighted by molar-refractivity contribution is 6.30. The predicted molar refractivity (Wildman–Crippen MR) is 110 cm³/mol. The van der Waals surface area contributed by atoms with Crippen LogP contribution in [-0.2, 0) is 6.54 Å². The van der Waals surface area contributed by atoms with Crippen molar-refractivity contribution in [3.8, 4) is 5.69 Å². The second-order valence-corrected chi connectivity index (χ2v) is 7.16. The highest BCUT2D eigenvalue weighted by atomic mass is 35.5. The van der Waals surface area contributed by atoms with Crippen molar-refractivity contribution in [2.75, 3.05) is 7.05 Å². The van der Waals surface area contributed by atoms with Crippen molar-refractivity contribution in [1.82, 2.24) is 34.4 Å². The number of halogens is 1. The number of nitrogens with one attached hydrogen (secondary N) is 1. The third-order valence-corrected chi connectivity index (χ3v) is 5.07. The molecule has 0 spiro atoms. The van der Waals surface area contributed by atoms with Crippen molar-refractivity contribution in [1.29, 1.82) is 0 Å². The van der Waals surface area contributed by atoms with Gasteiger partial charge in [-0.1, -0.05) is 23.7 Å². The Hall–Kier alpha value is -3.39. The van der Waals surface area contributed by atoms with Crippen LogP contribution in [0.2, 0.25) is 5.02 Å². The van der Waals surface area contributed by atoms with Crippen molar-refractivity contribution in [2.45, 2.75) is 19.5 Å². The number of rotatable bonds is 5. The molecular weight excluding hydrogens is 390 g/mol. The molecule has 1 unspecified atom stereocenters. The zero-order chi connectivity index (χ0) is 20.4. The van der Waals surface area contributed by atoms with Gasteiger partial charge in [-0.15, -0.1) is 0 Å². The molecule has 0 fully saturated rings. The molecule has 1 N–H and O–H groups in total. The molecule has 0 aliphatic heterocycles. The largest absolute Gasteiger partial charge is 0.332 e. The van der Waals surface area contributed by atoms with E-state index in [1.807, 2.05) is 47.9 Å². The molecule has 3 heterocycles. The second-order valence-electron chi connectivity index (χ2n) is 6.72. The third-order valence-electron chi connectivity index (χ3n) is 4.85. The number of amides is 2. The molecule has 0 saturated carbocycles. The maximum absolute atomic E-state index is 12.6. The van der Waals surface area contributed by atoms with Gasteiger partial charge in [0.05, 0.1) is 29.0 Å². The Morgan fingerprint density at radius 2 is 2.00 bits per heavy atom. The minimum absolute atomic E-state index is 0.0975. The molecule has 4 aromatic rings. The summed E-state index contributed by atoms with van der Waals surface area (Å²) < 4.78 is 3.53. The first-order valence-electron chi connectivity index (χ1n) is 9.10. The van der Waals surface area contributed by atoms with E-state index in [1.54, 1.807) is 35.2 Å². The third kappa shape index (κ3) is 4.07. The standard InChI is InChI=1S/C20H20ClN7O/c1-14(15-3-6-18(7-4-15)28-13-22-12-24-28)26(2)20(29)23-9-17-11-27-10-16(21)5-8-19(27)25-17/h3-8,10-14H,9H2,1-2H3,(H,23,29). The summed E-state index contributed by atoms with van der Waals surface area (Å²) in [6.07, 6.45) is 6.78. The molecular formula is C20H20ClN7O. The smallest absolute Gasteiger partial charge is 0.317 e. The van der Waals surface area contributed by atoms with Gasteiger partial charge in [0.15, 0.2) is 0 Å². The highest BCUT2D eigenvalue weighted by Gasteiger charge is 2.17. The average molecular weight is 410 g/mol. The lowest BCUT2D eigenvalue weighted by atomic mass is 10.1. The van der Waals surface area contributed by atoms with Crippen LogP contribution in [0.1, 0.15) is 24.2 Å². The van der Waals surface area contributed by atoms with Crippen molar-refractivity contribution in [3.05, 3.63) is 77.7 Å². The van der Waals surface area contributed by atoms with Crippen molar-refractivity contribution in [3.63, 3.8) is 0 Å². The molecule has 1 aromatic carbocycles. The molecule has 9 heteroatoms. The van der Waals surface area contributed by atoms with E-state index < -0.39 is 0 Å². The van der Waals surface area contributed by atoms with Crippen LogP contribution in [0.5, 0.6) is 0 Å².